The molecular formula is C62H61NS. The summed E-state index contributed by atoms with van der Waals surface area (Å²) in [6.45, 7) is 12.7. The number of fused-ring (bicyclic) bond motifs is 17. The molecule has 0 saturated heterocycles. The minimum atomic E-state index is -0.181. The van der Waals surface area contributed by atoms with Crippen molar-refractivity contribution in [2.24, 2.45) is 29.1 Å². The Labute approximate surface area is 385 Å². The number of benzene rings is 2. The Morgan fingerprint density at radius 2 is 1.52 bits per heavy atom. The van der Waals surface area contributed by atoms with E-state index in [0.29, 0.717) is 29.6 Å². The summed E-state index contributed by atoms with van der Waals surface area (Å²) in [6, 6.07) is 14.5. The van der Waals surface area contributed by atoms with Crippen molar-refractivity contribution < 1.29 is 0 Å². The zero-order chi connectivity index (χ0) is 42.9. The summed E-state index contributed by atoms with van der Waals surface area (Å²) in [4.78, 5) is 4.45. The van der Waals surface area contributed by atoms with E-state index in [1.807, 2.05) is 0 Å². The molecule has 1 heterocycles. The highest BCUT2D eigenvalue weighted by molar-refractivity contribution is 7.19. The zero-order valence-corrected chi connectivity index (χ0v) is 39.3. The van der Waals surface area contributed by atoms with Crippen LogP contribution in [0.2, 0.25) is 0 Å². The third-order valence-corrected chi connectivity index (χ3v) is 20.0. The smallest absolute Gasteiger partial charge is 0.0535 e. The second-order valence-corrected chi connectivity index (χ2v) is 23.4. The van der Waals surface area contributed by atoms with Crippen molar-refractivity contribution in [2.75, 3.05) is 0 Å². The molecular weight excluding hydrogens is 791 g/mol. The first-order valence-corrected chi connectivity index (χ1v) is 25.9. The van der Waals surface area contributed by atoms with E-state index < -0.39 is 0 Å². The molecule has 0 amide bonds. The minimum Gasteiger partial charge on any atom is -0.318 e. The lowest BCUT2D eigenvalue weighted by Crippen LogP contribution is -2.38. The SMILES string of the molecule is CC1CC2C3=C(CCC=C3)C(C)(C)C2C=C1N(C1=CCC2C(=C1)C(C)(C)c1ccccc12)C1=CC=C2c3c(ccc4c5c(sc34)CCC=C5)C3(C4=C(CCC=C4)C4=C3C=CCC4)C2C1. The van der Waals surface area contributed by atoms with Gasteiger partial charge >= 0.3 is 0 Å². The second-order valence-electron chi connectivity index (χ2n) is 22.3. The predicted molar refractivity (Wildman–Crippen MR) is 269 cm³/mol. The summed E-state index contributed by atoms with van der Waals surface area (Å²) in [7, 11) is 0. The van der Waals surface area contributed by atoms with Crippen molar-refractivity contribution in [3.63, 3.8) is 0 Å². The first kappa shape index (κ1) is 38.4. The van der Waals surface area contributed by atoms with Crippen LogP contribution in [0.1, 0.15) is 137 Å². The molecule has 0 N–H and O–H groups in total. The van der Waals surface area contributed by atoms with Crippen LogP contribution in [-0.2, 0) is 17.3 Å². The summed E-state index contributed by atoms with van der Waals surface area (Å²) < 4.78 is 1.53. The van der Waals surface area contributed by atoms with Crippen molar-refractivity contribution in [1.29, 1.82) is 0 Å². The Kier molecular flexibility index (Phi) is 8.00. The first-order valence-electron chi connectivity index (χ1n) is 25.1. The predicted octanol–water partition coefficient (Wildman–Crippen LogP) is 16.1. The van der Waals surface area contributed by atoms with Crippen LogP contribution in [0.15, 0.2) is 165 Å². The van der Waals surface area contributed by atoms with E-state index in [0.717, 1.165) is 38.5 Å². The molecule has 0 aliphatic heterocycles. The zero-order valence-electron chi connectivity index (χ0n) is 38.5. The topological polar surface area (TPSA) is 3.24 Å². The molecule has 14 rings (SSSR count). The monoisotopic (exact) mass is 851 g/mol. The van der Waals surface area contributed by atoms with E-state index in [1.54, 1.807) is 66.3 Å². The van der Waals surface area contributed by atoms with Crippen LogP contribution < -0.4 is 0 Å². The molecule has 2 aromatic carbocycles. The number of hydrogen-bond acceptors (Lipinski definition) is 2. The number of hydrogen-bond donors (Lipinski definition) is 0. The molecule has 0 radical (unpaired) electrons. The summed E-state index contributed by atoms with van der Waals surface area (Å²) in [5.74, 6) is 2.32. The van der Waals surface area contributed by atoms with Gasteiger partial charge in [0.1, 0.15) is 0 Å². The number of rotatable bonds is 3. The fraction of sp³-hybridized carbons (Fsp3) is 0.387. The molecule has 11 aliphatic rings. The maximum Gasteiger partial charge on any atom is 0.0535 e. The molecule has 5 unspecified atom stereocenters. The fourth-order valence-electron chi connectivity index (χ4n) is 15.9. The normalized spacial score (nSPS) is 30.1. The van der Waals surface area contributed by atoms with Gasteiger partial charge in [0.2, 0.25) is 0 Å². The summed E-state index contributed by atoms with van der Waals surface area (Å²) in [6.07, 6.45) is 46.1. The molecule has 1 aromatic heterocycles. The van der Waals surface area contributed by atoms with E-state index in [4.69, 9.17) is 0 Å². The molecule has 1 nitrogen and oxygen atoms in total. The van der Waals surface area contributed by atoms with Gasteiger partial charge in [-0.15, -0.1) is 11.3 Å². The van der Waals surface area contributed by atoms with Gasteiger partial charge in [-0.2, -0.15) is 0 Å². The Hall–Kier alpha value is -4.92. The largest absolute Gasteiger partial charge is 0.318 e. The number of aryl methyl sites for hydroxylation is 1. The van der Waals surface area contributed by atoms with E-state index >= 15 is 0 Å². The Morgan fingerprint density at radius 3 is 2.34 bits per heavy atom. The first-order chi connectivity index (χ1) is 31.2. The molecule has 0 fully saturated rings. The van der Waals surface area contributed by atoms with Crippen LogP contribution in [0.4, 0.5) is 0 Å². The van der Waals surface area contributed by atoms with E-state index in [9.17, 15) is 0 Å². The Morgan fingerprint density at radius 1 is 0.766 bits per heavy atom. The van der Waals surface area contributed by atoms with Gasteiger partial charge in [-0.05, 0) is 162 Å². The lowest BCUT2D eigenvalue weighted by atomic mass is 9.62. The van der Waals surface area contributed by atoms with Gasteiger partial charge < -0.3 is 4.90 Å². The highest BCUT2D eigenvalue weighted by Gasteiger charge is 2.59. The maximum atomic E-state index is 2.87. The molecule has 0 bridgehead atoms. The fourth-order valence-corrected chi connectivity index (χ4v) is 17.3. The van der Waals surface area contributed by atoms with Gasteiger partial charge in [-0.25, -0.2) is 0 Å². The molecule has 3 aromatic rings. The van der Waals surface area contributed by atoms with E-state index in [1.165, 1.54) is 70.3 Å². The molecule has 0 saturated carbocycles. The summed E-state index contributed by atoms with van der Waals surface area (Å²) in [5, 5.41) is 1.47. The molecule has 5 atom stereocenters. The Bertz CT molecular complexity index is 3030. The van der Waals surface area contributed by atoms with Crippen LogP contribution in [0.25, 0.3) is 21.7 Å². The number of allylic oxidation sites excluding steroid dienone is 22. The lowest BCUT2D eigenvalue weighted by Gasteiger charge is -2.45. The maximum absolute atomic E-state index is 2.87. The average molecular weight is 852 g/mol. The molecule has 11 aliphatic carbocycles. The van der Waals surface area contributed by atoms with Crippen LogP contribution >= 0.6 is 11.3 Å². The molecule has 1 spiro atoms. The van der Waals surface area contributed by atoms with Crippen molar-refractivity contribution in [1.82, 2.24) is 4.90 Å². The standard InChI is InChI=1S/C62H61NS/c1-36-32-47-42-19-7-12-22-49(42)61(4,5)54(47)35-56(36)63(37-26-28-43-39-16-6-11-21-48(39)60(2,3)53(43)33-37)38-27-29-46-55(34-38)62(50-23-13-8-17-40(50)41-18-9-14-24-51(41)62)52-31-30-45-44-20-10-15-25-57(44)64-59(45)58(46)52/h6-7,10-11,13-14,16,19-21,23-24,26-27,29-31,33,35-36,43,47,54-55H,8-9,12,15,17-18,22,25,28,32,34H2,1-5H3. The third-order valence-electron chi connectivity index (χ3n) is 18.7. The van der Waals surface area contributed by atoms with E-state index in [-0.39, 0.29) is 16.2 Å². The van der Waals surface area contributed by atoms with Gasteiger partial charge in [-0.3, -0.25) is 0 Å². The van der Waals surface area contributed by atoms with Gasteiger partial charge in [0.25, 0.3) is 0 Å². The van der Waals surface area contributed by atoms with Crippen molar-refractivity contribution in [3.8, 4) is 0 Å². The Balaban J connectivity index is 0.984. The van der Waals surface area contributed by atoms with Crippen LogP contribution in [-0.4, -0.2) is 4.90 Å². The van der Waals surface area contributed by atoms with Gasteiger partial charge in [0.05, 0.1) is 5.41 Å². The number of nitrogens with zero attached hydrogens (tertiary/aromatic N) is 1. The molecule has 320 valence electrons. The van der Waals surface area contributed by atoms with Crippen molar-refractivity contribution in [3.05, 3.63) is 198 Å². The average Bonchev–Trinajstić information content (AvgIpc) is 4.06. The number of thiophene rings is 1. The van der Waals surface area contributed by atoms with Gasteiger partial charge in [-0.1, -0.05) is 149 Å². The van der Waals surface area contributed by atoms with E-state index in [2.05, 4.69) is 166 Å². The molecule has 64 heavy (non-hydrogen) atoms. The van der Waals surface area contributed by atoms with Crippen molar-refractivity contribution in [2.45, 2.75) is 122 Å². The van der Waals surface area contributed by atoms with Crippen molar-refractivity contribution >= 4 is 33.1 Å². The highest BCUT2D eigenvalue weighted by atomic mass is 32.1. The van der Waals surface area contributed by atoms with Gasteiger partial charge in [0.15, 0.2) is 0 Å². The van der Waals surface area contributed by atoms with Gasteiger partial charge in [0, 0.05) is 54.9 Å². The third kappa shape index (κ3) is 4.82. The second kappa shape index (κ2) is 13.3. The van der Waals surface area contributed by atoms with Crippen LogP contribution in [0.3, 0.4) is 0 Å². The summed E-state index contributed by atoms with van der Waals surface area (Å²) in [5.41, 5.74) is 25.3. The van der Waals surface area contributed by atoms with Crippen LogP contribution in [0, 0.1) is 29.1 Å². The van der Waals surface area contributed by atoms with Crippen LogP contribution in [0.5, 0.6) is 0 Å². The summed E-state index contributed by atoms with van der Waals surface area (Å²) >= 11 is 2.11. The molecule has 2 heteroatoms. The minimum absolute atomic E-state index is 0.00527. The lowest BCUT2D eigenvalue weighted by molar-refractivity contribution is 0.228. The quantitative estimate of drug-likeness (QED) is 0.254. The highest BCUT2D eigenvalue weighted by Crippen LogP contribution is 2.69.